The summed E-state index contributed by atoms with van der Waals surface area (Å²) in [5.74, 6) is -0.122. The zero-order valence-corrected chi connectivity index (χ0v) is 66.2. The molecule has 3 aliphatic rings. The van der Waals surface area contributed by atoms with Gasteiger partial charge in [-0.3, -0.25) is 0 Å². The molecule has 0 atom stereocenters. The molecule has 0 saturated carbocycles. The van der Waals surface area contributed by atoms with Gasteiger partial charge in [-0.1, -0.05) is 367 Å². The normalized spacial score (nSPS) is 13.8. The number of fused-ring (bicyclic) bond motifs is 6. The van der Waals surface area contributed by atoms with Gasteiger partial charge in [0.15, 0.2) is 0 Å². The summed E-state index contributed by atoms with van der Waals surface area (Å²) in [5, 5.41) is 0. The fourth-order valence-electron chi connectivity index (χ4n) is 16.7. The van der Waals surface area contributed by atoms with Crippen molar-refractivity contribution < 1.29 is 0 Å². The minimum atomic E-state index is -0.122. The largest absolute Gasteiger partial charge is 0.305 e. The molecular formula is C104H103N3. The highest BCUT2D eigenvalue weighted by molar-refractivity contribution is 6.17. The molecule has 0 bridgehead atoms. The lowest BCUT2D eigenvalue weighted by Gasteiger charge is -2.49. The van der Waals surface area contributed by atoms with E-state index in [1.54, 1.807) is 0 Å². The second kappa shape index (κ2) is 26.0. The summed E-state index contributed by atoms with van der Waals surface area (Å²) in [6.07, 6.45) is 0.868. The summed E-state index contributed by atoms with van der Waals surface area (Å²) in [6.45, 7) is 41.7. The van der Waals surface area contributed by atoms with Crippen LogP contribution in [0, 0.1) is 0 Å². The van der Waals surface area contributed by atoms with Crippen LogP contribution in [0.2, 0.25) is 0 Å². The Labute approximate surface area is 638 Å². The Hall–Kier alpha value is -10.7. The second-order valence-electron chi connectivity index (χ2n) is 36.7. The topological polar surface area (TPSA) is 9.72 Å². The van der Waals surface area contributed by atoms with Crippen LogP contribution in [-0.4, -0.2) is 0 Å². The monoisotopic (exact) mass is 1390 g/mol. The molecule has 3 nitrogen and oxygen atoms in total. The third kappa shape index (κ3) is 12.9. The highest BCUT2D eigenvalue weighted by Gasteiger charge is 2.44. The van der Waals surface area contributed by atoms with Crippen molar-refractivity contribution in [1.29, 1.82) is 0 Å². The van der Waals surface area contributed by atoms with Gasteiger partial charge in [0.2, 0.25) is 0 Å². The number of nitrogens with zero attached hydrogens (tertiary/aromatic N) is 3. The van der Waals surface area contributed by atoms with E-state index in [4.69, 9.17) is 0 Å². The second-order valence-corrected chi connectivity index (χ2v) is 36.7. The minimum Gasteiger partial charge on any atom is -0.305 e. The van der Waals surface area contributed by atoms with Crippen molar-refractivity contribution in [2.75, 3.05) is 14.7 Å². The summed E-state index contributed by atoms with van der Waals surface area (Å²) in [6, 6.07) is 109. The third-order valence-electron chi connectivity index (χ3n) is 23.1. The van der Waals surface area contributed by atoms with Gasteiger partial charge >= 0.3 is 0 Å². The molecule has 534 valence electrons. The first-order valence-electron chi connectivity index (χ1n) is 38.8. The molecule has 13 aromatic carbocycles. The fraction of sp³-hybridized carbons (Fsp3) is 0.250. The molecule has 107 heavy (non-hydrogen) atoms. The summed E-state index contributed by atoms with van der Waals surface area (Å²) >= 11 is 0. The van der Waals surface area contributed by atoms with Crippen LogP contribution in [0.5, 0.6) is 0 Å². The van der Waals surface area contributed by atoms with E-state index in [2.05, 4.69) is 418 Å². The van der Waals surface area contributed by atoms with Gasteiger partial charge in [-0.25, -0.2) is 0 Å². The molecule has 0 aromatic heterocycles. The fourth-order valence-corrected chi connectivity index (χ4v) is 16.7. The van der Waals surface area contributed by atoms with Gasteiger partial charge in [0, 0.05) is 28.2 Å². The van der Waals surface area contributed by atoms with Crippen LogP contribution in [0.1, 0.15) is 192 Å². The lowest BCUT2D eigenvalue weighted by Crippen LogP contribution is -2.31. The Morgan fingerprint density at radius 1 is 0.215 bits per heavy atom. The summed E-state index contributed by atoms with van der Waals surface area (Å²) in [7, 11) is 0. The van der Waals surface area contributed by atoms with Crippen LogP contribution in [0.25, 0.3) is 66.8 Å². The zero-order chi connectivity index (χ0) is 75.0. The Balaban J connectivity index is 1.09. The van der Waals surface area contributed by atoms with Crippen LogP contribution >= 0.6 is 0 Å². The van der Waals surface area contributed by atoms with Gasteiger partial charge in [-0.15, -0.1) is 0 Å². The lowest BCUT2D eigenvalue weighted by molar-refractivity contribution is 0.590. The van der Waals surface area contributed by atoms with Crippen molar-refractivity contribution in [1.82, 2.24) is 0 Å². The molecular weight excluding hydrogens is 1290 g/mol. The highest BCUT2D eigenvalue weighted by Crippen LogP contribution is 2.68. The number of anilines is 9. The van der Waals surface area contributed by atoms with Crippen molar-refractivity contribution in [3.63, 3.8) is 0 Å². The number of hydrogen-bond donors (Lipinski definition) is 0. The average molecular weight is 1390 g/mol. The number of hydrogen-bond acceptors (Lipinski definition) is 3. The molecule has 0 N–H and O–H groups in total. The first-order valence-corrected chi connectivity index (χ1v) is 38.8. The number of benzene rings is 13. The van der Waals surface area contributed by atoms with E-state index in [9.17, 15) is 0 Å². The predicted octanol–water partition coefficient (Wildman–Crippen LogP) is 29.6. The summed E-state index contributed by atoms with van der Waals surface area (Å²) in [5.41, 5.74) is 37.9. The number of para-hydroxylation sites is 2. The van der Waals surface area contributed by atoms with Gasteiger partial charge in [0.1, 0.15) is 0 Å². The lowest BCUT2D eigenvalue weighted by atomic mass is 9.74. The molecule has 0 saturated heterocycles. The van der Waals surface area contributed by atoms with Crippen molar-refractivity contribution in [3.05, 3.63) is 340 Å². The first kappa shape index (κ1) is 70.6. The molecule has 2 aliphatic heterocycles. The van der Waals surface area contributed by atoms with Crippen LogP contribution < -0.4 is 14.7 Å². The van der Waals surface area contributed by atoms with Crippen molar-refractivity contribution >= 4 is 51.2 Å². The Morgan fingerprint density at radius 2 is 0.467 bits per heavy atom. The zero-order valence-electron chi connectivity index (χ0n) is 66.2. The molecule has 13 aromatic rings. The quantitative estimate of drug-likeness (QED) is 0.143. The smallest absolute Gasteiger partial charge is 0.0948 e. The summed E-state index contributed by atoms with van der Waals surface area (Å²) < 4.78 is 0. The molecule has 0 fully saturated rings. The van der Waals surface area contributed by atoms with E-state index in [0.29, 0.717) is 0 Å². The Morgan fingerprint density at radius 3 is 0.748 bits per heavy atom. The molecule has 0 amide bonds. The highest BCUT2D eigenvalue weighted by atomic mass is 15.3. The van der Waals surface area contributed by atoms with Crippen molar-refractivity contribution in [3.8, 4) is 66.8 Å². The average Bonchev–Trinajstić information content (AvgIpc) is 0.686. The van der Waals surface area contributed by atoms with Crippen LogP contribution in [0.3, 0.4) is 0 Å². The van der Waals surface area contributed by atoms with E-state index < -0.39 is 0 Å². The molecule has 2 heterocycles. The summed E-state index contributed by atoms with van der Waals surface area (Å²) in [4.78, 5) is 8.11. The third-order valence-corrected chi connectivity index (χ3v) is 23.1. The van der Waals surface area contributed by atoms with Crippen LogP contribution in [0.15, 0.2) is 279 Å². The first-order chi connectivity index (χ1) is 50.8. The van der Waals surface area contributed by atoms with Gasteiger partial charge in [-0.2, -0.15) is 0 Å². The molecule has 0 spiro atoms. The van der Waals surface area contributed by atoms with E-state index in [1.165, 1.54) is 72.3 Å². The molecule has 16 rings (SSSR count). The Kier molecular flexibility index (Phi) is 17.2. The van der Waals surface area contributed by atoms with Gasteiger partial charge in [-0.05, 0) is 181 Å². The van der Waals surface area contributed by atoms with E-state index in [1.807, 2.05) is 0 Å². The van der Waals surface area contributed by atoms with Crippen molar-refractivity contribution in [2.45, 2.75) is 169 Å². The standard InChI is InChI=1S/C104H103N3/c1-99(2,3)77-47-33-66(34-48-77)72-45-59-89-91(62-72)107-92-63-73(67-35-49-78(50-36-67)100(4,5)6)46-60-90(92)106(97-87(70-41-55-81(56-42-70)103(13,14)15)31-24-32-88(97)71-43-57-82(58-44-71)104(16,17)18)94-65-76(95-83-27-21-19-25-74(83)61-75-26-20-22-28-84(75)95)64-93(98(94)107)105(89)96-85(68-37-51-79(52-38-68)101(7,8)9)29-23-30-86(96)69-39-53-80(54-40-69)102(10,11)12/h19-60,62-65,95H,61H2,1-18H3. The molecule has 0 radical (unpaired) electrons. The maximum absolute atomic E-state index is 2.71. The van der Waals surface area contributed by atoms with Gasteiger partial charge in [0.05, 0.1) is 51.2 Å². The van der Waals surface area contributed by atoms with Crippen LogP contribution in [0.4, 0.5) is 51.2 Å². The van der Waals surface area contributed by atoms with Crippen LogP contribution in [-0.2, 0) is 38.9 Å². The Bertz CT molecular complexity index is 5060. The maximum Gasteiger partial charge on any atom is 0.0948 e. The number of rotatable bonds is 9. The van der Waals surface area contributed by atoms with E-state index >= 15 is 0 Å². The predicted molar refractivity (Wildman–Crippen MR) is 459 cm³/mol. The SMILES string of the molecule is CC(C)(C)c1ccc(-c2ccc3c(c2)N2c4cc(-c5ccc(C(C)(C)C)cc5)ccc4N(c4c(-c5ccc(C(C)(C)C)cc5)cccc4-c4ccc(C(C)(C)C)cc4)c4cc(C5c6ccccc6Cc6ccccc65)cc(c42)N3c2c(-c3ccc(C(C)(C)C)cc3)cccc2-c2ccc(C(C)(C)C)cc2)cc1. The van der Waals surface area contributed by atoms with E-state index in [0.717, 1.165) is 113 Å². The van der Waals surface area contributed by atoms with Crippen molar-refractivity contribution in [2.24, 2.45) is 0 Å². The molecule has 0 unspecified atom stereocenters. The maximum atomic E-state index is 2.71. The van der Waals surface area contributed by atoms with E-state index in [-0.39, 0.29) is 38.4 Å². The molecule has 1 aliphatic carbocycles. The minimum absolute atomic E-state index is 0.0146. The van der Waals surface area contributed by atoms with Gasteiger partial charge in [0.25, 0.3) is 0 Å². The van der Waals surface area contributed by atoms with Gasteiger partial charge < -0.3 is 14.7 Å². The molecule has 3 heteroatoms.